The van der Waals surface area contributed by atoms with Crippen LogP contribution in [0.5, 0.6) is 0 Å². The fourth-order valence-corrected chi connectivity index (χ4v) is 3.58. The zero-order valence-corrected chi connectivity index (χ0v) is 14.8. The largest absolute Gasteiger partial charge is 0.318 e. The summed E-state index contributed by atoms with van der Waals surface area (Å²) >= 11 is 0. The molecular formula is C14H28N4O2S. The number of rotatable bonds is 7. The average molecular weight is 316 g/mol. The van der Waals surface area contributed by atoms with Crippen molar-refractivity contribution in [2.24, 2.45) is 5.41 Å². The third-order valence-electron chi connectivity index (χ3n) is 3.32. The Kier molecular flexibility index (Phi) is 5.95. The molecule has 7 heteroatoms. The molecule has 0 bridgehead atoms. The molecule has 1 rings (SSSR count). The van der Waals surface area contributed by atoms with Crippen LogP contribution in [-0.4, -0.2) is 38.3 Å². The molecule has 0 saturated heterocycles. The van der Waals surface area contributed by atoms with Crippen LogP contribution in [-0.2, 0) is 16.6 Å². The zero-order valence-electron chi connectivity index (χ0n) is 13.9. The molecule has 0 unspecified atom stereocenters. The average Bonchev–Trinajstić information content (AvgIpc) is 2.60. The van der Waals surface area contributed by atoms with Gasteiger partial charge in [0.05, 0.1) is 17.9 Å². The molecule has 122 valence electrons. The molecular weight excluding hydrogens is 288 g/mol. The van der Waals surface area contributed by atoms with E-state index >= 15 is 0 Å². The van der Waals surface area contributed by atoms with Gasteiger partial charge in [-0.05, 0) is 32.7 Å². The van der Waals surface area contributed by atoms with Gasteiger partial charge in [-0.2, -0.15) is 5.10 Å². The van der Waals surface area contributed by atoms with Gasteiger partial charge in [0.2, 0.25) is 10.0 Å². The highest BCUT2D eigenvalue weighted by Crippen LogP contribution is 2.21. The molecule has 0 aliphatic heterocycles. The Morgan fingerprint density at radius 3 is 2.33 bits per heavy atom. The van der Waals surface area contributed by atoms with Crippen LogP contribution in [0.2, 0.25) is 0 Å². The monoisotopic (exact) mass is 316 g/mol. The molecule has 21 heavy (non-hydrogen) atoms. The van der Waals surface area contributed by atoms with Crippen molar-refractivity contribution < 1.29 is 8.42 Å². The van der Waals surface area contributed by atoms with E-state index in [9.17, 15) is 8.42 Å². The Morgan fingerprint density at radius 1 is 1.19 bits per heavy atom. The van der Waals surface area contributed by atoms with Gasteiger partial charge in [0, 0.05) is 13.1 Å². The second kappa shape index (κ2) is 6.89. The minimum absolute atomic E-state index is 0.101. The molecule has 0 saturated carbocycles. The Morgan fingerprint density at radius 2 is 1.81 bits per heavy atom. The number of nitrogens with one attached hydrogen (secondary N) is 2. The first-order valence-electron chi connectivity index (χ1n) is 7.27. The summed E-state index contributed by atoms with van der Waals surface area (Å²) in [6.45, 7) is 11.6. The van der Waals surface area contributed by atoms with Crippen molar-refractivity contribution in [3.63, 3.8) is 0 Å². The van der Waals surface area contributed by atoms with E-state index in [1.165, 1.54) is 0 Å². The maximum Gasteiger partial charge on any atom is 0.244 e. The Balaban J connectivity index is 2.90. The quantitative estimate of drug-likeness (QED) is 0.798. The van der Waals surface area contributed by atoms with Gasteiger partial charge in [-0.1, -0.05) is 20.8 Å². The molecule has 1 heterocycles. The lowest BCUT2D eigenvalue weighted by atomic mass is 9.93. The van der Waals surface area contributed by atoms with E-state index < -0.39 is 10.0 Å². The Labute approximate surface area is 128 Å². The van der Waals surface area contributed by atoms with Gasteiger partial charge in [0.25, 0.3) is 0 Å². The fourth-order valence-electron chi connectivity index (χ4n) is 2.14. The number of aromatic nitrogens is 2. The summed E-state index contributed by atoms with van der Waals surface area (Å²) in [5.74, 6) is 0. The van der Waals surface area contributed by atoms with E-state index in [0.717, 1.165) is 13.0 Å². The van der Waals surface area contributed by atoms with Crippen LogP contribution >= 0.6 is 0 Å². The molecule has 0 aliphatic rings. The first-order chi connectivity index (χ1) is 9.58. The second-order valence-electron chi connectivity index (χ2n) is 6.54. The van der Waals surface area contributed by atoms with Crippen LogP contribution in [0, 0.1) is 19.3 Å². The summed E-state index contributed by atoms with van der Waals surface area (Å²) in [4.78, 5) is 0.313. The van der Waals surface area contributed by atoms with Gasteiger partial charge in [0.1, 0.15) is 4.90 Å². The highest BCUT2D eigenvalue weighted by Gasteiger charge is 2.24. The van der Waals surface area contributed by atoms with Crippen molar-refractivity contribution in [1.82, 2.24) is 19.8 Å². The summed E-state index contributed by atoms with van der Waals surface area (Å²) < 4.78 is 29.4. The Bertz CT molecular complexity index is 571. The molecule has 1 aromatic rings. The summed E-state index contributed by atoms with van der Waals surface area (Å²) in [7, 11) is -1.64. The van der Waals surface area contributed by atoms with E-state index in [0.29, 0.717) is 29.4 Å². The number of aryl methyl sites for hydroxylation is 1. The SMILES string of the molecule is CNCCn1nc(C)c(S(=O)(=O)NCCC(C)(C)C)c1C. The minimum atomic E-state index is -3.50. The van der Waals surface area contributed by atoms with Gasteiger partial charge >= 0.3 is 0 Å². The number of likely N-dealkylation sites (N-methyl/N-ethyl adjacent to an activating group) is 1. The molecule has 0 aromatic carbocycles. The summed E-state index contributed by atoms with van der Waals surface area (Å²) in [6, 6.07) is 0. The molecule has 0 amide bonds. The molecule has 0 atom stereocenters. The van der Waals surface area contributed by atoms with Crippen molar-refractivity contribution in [3.05, 3.63) is 11.4 Å². The molecule has 0 fully saturated rings. The van der Waals surface area contributed by atoms with Crippen LogP contribution < -0.4 is 10.0 Å². The highest BCUT2D eigenvalue weighted by atomic mass is 32.2. The summed E-state index contributed by atoms with van der Waals surface area (Å²) in [6.07, 6.45) is 0.790. The summed E-state index contributed by atoms with van der Waals surface area (Å²) in [5.41, 5.74) is 1.33. The normalized spacial score (nSPS) is 12.9. The maximum absolute atomic E-state index is 12.5. The first kappa shape index (κ1) is 18.1. The third kappa shape index (κ3) is 5.09. The van der Waals surface area contributed by atoms with E-state index in [1.807, 2.05) is 7.05 Å². The highest BCUT2D eigenvalue weighted by molar-refractivity contribution is 7.89. The van der Waals surface area contributed by atoms with Crippen LogP contribution in [0.15, 0.2) is 4.90 Å². The van der Waals surface area contributed by atoms with Gasteiger partial charge in [-0.15, -0.1) is 0 Å². The third-order valence-corrected chi connectivity index (χ3v) is 5.04. The second-order valence-corrected chi connectivity index (χ2v) is 8.24. The Hall–Kier alpha value is -0.920. The molecule has 0 radical (unpaired) electrons. The molecule has 6 nitrogen and oxygen atoms in total. The number of sulfonamides is 1. The molecule has 0 spiro atoms. The van der Waals surface area contributed by atoms with Crippen molar-refractivity contribution in [2.75, 3.05) is 20.1 Å². The van der Waals surface area contributed by atoms with Crippen LogP contribution in [0.25, 0.3) is 0 Å². The fraction of sp³-hybridized carbons (Fsp3) is 0.786. The predicted molar refractivity (Wildman–Crippen MR) is 84.9 cm³/mol. The molecule has 2 N–H and O–H groups in total. The van der Waals surface area contributed by atoms with Crippen molar-refractivity contribution in [3.8, 4) is 0 Å². The van der Waals surface area contributed by atoms with Gasteiger partial charge in [0.15, 0.2) is 0 Å². The number of hydrogen-bond acceptors (Lipinski definition) is 4. The number of hydrogen-bond donors (Lipinski definition) is 2. The van der Waals surface area contributed by atoms with Gasteiger partial charge < -0.3 is 5.32 Å². The minimum Gasteiger partial charge on any atom is -0.318 e. The zero-order chi connectivity index (χ0) is 16.3. The van der Waals surface area contributed by atoms with Crippen molar-refractivity contribution >= 4 is 10.0 Å². The standard InChI is InChI=1S/C14H28N4O2S/c1-11-13(12(2)18(17-11)10-9-15-6)21(19,20)16-8-7-14(3,4)5/h15-16H,7-10H2,1-6H3. The van der Waals surface area contributed by atoms with E-state index in [-0.39, 0.29) is 5.41 Å². The van der Waals surface area contributed by atoms with Crippen LogP contribution in [0.3, 0.4) is 0 Å². The van der Waals surface area contributed by atoms with Crippen LogP contribution in [0.1, 0.15) is 38.6 Å². The van der Waals surface area contributed by atoms with Gasteiger partial charge in [-0.3, -0.25) is 4.68 Å². The molecule has 0 aliphatic carbocycles. The smallest absolute Gasteiger partial charge is 0.244 e. The van der Waals surface area contributed by atoms with E-state index in [4.69, 9.17) is 0 Å². The lowest BCUT2D eigenvalue weighted by Gasteiger charge is -2.18. The maximum atomic E-state index is 12.5. The van der Waals surface area contributed by atoms with Crippen molar-refractivity contribution in [2.45, 2.75) is 52.5 Å². The molecule has 1 aromatic heterocycles. The summed E-state index contributed by atoms with van der Waals surface area (Å²) in [5, 5.41) is 7.36. The van der Waals surface area contributed by atoms with Gasteiger partial charge in [-0.25, -0.2) is 13.1 Å². The lowest BCUT2D eigenvalue weighted by molar-refractivity contribution is 0.378. The van der Waals surface area contributed by atoms with Crippen LogP contribution in [0.4, 0.5) is 0 Å². The van der Waals surface area contributed by atoms with E-state index in [1.54, 1.807) is 18.5 Å². The number of nitrogens with zero attached hydrogens (tertiary/aromatic N) is 2. The van der Waals surface area contributed by atoms with Crippen molar-refractivity contribution in [1.29, 1.82) is 0 Å². The lowest BCUT2D eigenvalue weighted by Crippen LogP contribution is -2.28. The topological polar surface area (TPSA) is 76.0 Å². The van der Waals surface area contributed by atoms with E-state index in [2.05, 4.69) is 35.9 Å². The first-order valence-corrected chi connectivity index (χ1v) is 8.75. The predicted octanol–water partition coefficient (Wildman–Crippen LogP) is 1.43.